The van der Waals surface area contributed by atoms with Crippen LogP contribution in [0.25, 0.3) is 0 Å². The summed E-state index contributed by atoms with van der Waals surface area (Å²) in [6, 6.07) is 14.2. The molecule has 0 saturated heterocycles. The lowest BCUT2D eigenvalue weighted by atomic mass is 10.2. The minimum atomic E-state index is 0.561. The summed E-state index contributed by atoms with van der Waals surface area (Å²) in [5.74, 6) is 0.882. The zero-order chi connectivity index (χ0) is 12.5. The minimum absolute atomic E-state index is 0.561. The van der Waals surface area contributed by atoms with Crippen LogP contribution in [0.1, 0.15) is 17.7 Å². The summed E-state index contributed by atoms with van der Waals surface area (Å²) >= 11 is 0. The topological polar surface area (TPSA) is 34.4 Å². The highest BCUT2D eigenvalue weighted by molar-refractivity contribution is 5.14. The van der Waals surface area contributed by atoms with Gasteiger partial charge in [0.15, 0.2) is 0 Å². The maximum Gasteiger partial charge on any atom is 0.129 e. The zero-order valence-corrected chi connectivity index (χ0v) is 10.5. The fraction of sp³-hybridized carbons (Fsp3) is 0.333. The van der Waals surface area contributed by atoms with Gasteiger partial charge in [-0.1, -0.05) is 30.3 Å². The molecule has 18 heavy (non-hydrogen) atoms. The SMILES string of the molecule is c1ccc(CNCCCOCc2ccco2)cc1. The Labute approximate surface area is 108 Å². The van der Waals surface area contributed by atoms with Crippen LogP contribution in [0.4, 0.5) is 0 Å². The molecule has 1 aromatic heterocycles. The fourth-order valence-corrected chi connectivity index (χ4v) is 1.70. The number of nitrogens with one attached hydrogen (secondary N) is 1. The zero-order valence-electron chi connectivity index (χ0n) is 10.5. The molecular weight excluding hydrogens is 226 g/mol. The first-order valence-electron chi connectivity index (χ1n) is 6.30. The number of hydrogen-bond acceptors (Lipinski definition) is 3. The highest BCUT2D eigenvalue weighted by atomic mass is 16.5. The number of rotatable bonds is 8. The molecule has 3 nitrogen and oxygen atoms in total. The van der Waals surface area contributed by atoms with Crippen LogP contribution in [0.2, 0.25) is 0 Å². The molecule has 3 heteroatoms. The van der Waals surface area contributed by atoms with Crippen molar-refractivity contribution in [2.75, 3.05) is 13.2 Å². The highest BCUT2D eigenvalue weighted by Crippen LogP contribution is 2.02. The van der Waals surface area contributed by atoms with E-state index in [1.54, 1.807) is 6.26 Å². The van der Waals surface area contributed by atoms with Crippen molar-refractivity contribution in [1.29, 1.82) is 0 Å². The van der Waals surface area contributed by atoms with E-state index in [4.69, 9.17) is 9.15 Å². The van der Waals surface area contributed by atoms with E-state index in [0.717, 1.165) is 31.9 Å². The highest BCUT2D eigenvalue weighted by Gasteiger charge is 1.95. The lowest BCUT2D eigenvalue weighted by molar-refractivity contribution is 0.104. The third kappa shape index (κ3) is 4.73. The molecule has 96 valence electrons. The van der Waals surface area contributed by atoms with Crippen molar-refractivity contribution in [3.8, 4) is 0 Å². The van der Waals surface area contributed by atoms with E-state index in [1.165, 1.54) is 5.56 Å². The van der Waals surface area contributed by atoms with Gasteiger partial charge in [0.2, 0.25) is 0 Å². The van der Waals surface area contributed by atoms with Gasteiger partial charge in [0, 0.05) is 13.2 Å². The Balaban J connectivity index is 1.47. The first-order chi connectivity index (χ1) is 8.95. The molecule has 0 fully saturated rings. The Bertz CT molecular complexity index is 411. The van der Waals surface area contributed by atoms with Gasteiger partial charge >= 0.3 is 0 Å². The molecule has 0 radical (unpaired) electrons. The monoisotopic (exact) mass is 245 g/mol. The largest absolute Gasteiger partial charge is 0.467 e. The van der Waals surface area contributed by atoms with Gasteiger partial charge < -0.3 is 14.5 Å². The van der Waals surface area contributed by atoms with E-state index in [0.29, 0.717) is 6.61 Å². The van der Waals surface area contributed by atoms with Crippen LogP contribution < -0.4 is 5.32 Å². The minimum Gasteiger partial charge on any atom is -0.467 e. The van der Waals surface area contributed by atoms with Crippen LogP contribution >= 0.6 is 0 Å². The third-order valence-electron chi connectivity index (χ3n) is 2.64. The number of furan rings is 1. The van der Waals surface area contributed by atoms with Crippen LogP contribution in [0.3, 0.4) is 0 Å². The first-order valence-corrected chi connectivity index (χ1v) is 6.30. The summed E-state index contributed by atoms with van der Waals surface area (Å²) in [6.45, 7) is 3.19. The van der Waals surface area contributed by atoms with Crippen molar-refractivity contribution < 1.29 is 9.15 Å². The molecule has 0 spiro atoms. The van der Waals surface area contributed by atoms with Crippen LogP contribution in [-0.2, 0) is 17.9 Å². The summed E-state index contributed by atoms with van der Waals surface area (Å²) in [5.41, 5.74) is 1.31. The summed E-state index contributed by atoms with van der Waals surface area (Å²) in [7, 11) is 0. The van der Waals surface area contributed by atoms with Crippen molar-refractivity contribution in [3.63, 3.8) is 0 Å². The lowest BCUT2D eigenvalue weighted by Gasteiger charge is -2.05. The van der Waals surface area contributed by atoms with E-state index in [-0.39, 0.29) is 0 Å². The van der Waals surface area contributed by atoms with Crippen molar-refractivity contribution in [3.05, 3.63) is 60.1 Å². The molecule has 0 aliphatic rings. The molecule has 2 rings (SSSR count). The van der Waals surface area contributed by atoms with E-state index >= 15 is 0 Å². The van der Waals surface area contributed by atoms with Crippen LogP contribution in [0.5, 0.6) is 0 Å². The molecule has 2 aromatic rings. The Kier molecular flexibility index (Phi) is 5.50. The molecule has 0 aliphatic carbocycles. The summed E-state index contributed by atoms with van der Waals surface area (Å²) in [4.78, 5) is 0. The van der Waals surface area contributed by atoms with Crippen molar-refractivity contribution in [2.45, 2.75) is 19.6 Å². The van der Waals surface area contributed by atoms with E-state index < -0.39 is 0 Å². The maximum absolute atomic E-state index is 5.50. The molecule has 0 amide bonds. The third-order valence-corrected chi connectivity index (χ3v) is 2.64. The Morgan fingerprint density at radius 2 is 1.94 bits per heavy atom. The summed E-state index contributed by atoms with van der Waals surface area (Å²) in [5, 5.41) is 3.39. The predicted octanol–water partition coefficient (Wildman–Crippen LogP) is 2.98. The molecular formula is C15H19NO2. The second kappa shape index (κ2) is 7.69. The van der Waals surface area contributed by atoms with Gasteiger partial charge in [-0.25, -0.2) is 0 Å². The molecule has 0 unspecified atom stereocenters. The van der Waals surface area contributed by atoms with Gasteiger partial charge in [0.25, 0.3) is 0 Å². The van der Waals surface area contributed by atoms with Gasteiger partial charge in [-0.05, 0) is 30.7 Å². The van der Waals surface area contributed by atoms with Crippen molar-refractivity contribution >= 4 is 0 Å². The van der Waals surface area contributed by atoms with E-state index in [2.05, 4.69) is 29.6 Å². The maximum atomic E-state index is 5.50. The fourth-order valence-electron chi connectivity index (χ4n) is 1.70. The summed E-state index contributed by atoms with van der Waals surface area (Å²) in [6.07, 6.45) is 2.67. The molecule has 1 N–H and O–H groups in total. The summed E-state index contributed by atoms with van der Waals surface area (Å²) < 4.78 is 10.7. The Morgan fingerprint density at radius 1 is 1.06 bits per heavy atom. The standard InChI is InChI=1S/C15H19NO2/c1-2-6-14(7-3-1)12-16-9-5-10-17-13-15-8-4-11-18-15/h1-4,6-8,11,16H,5,9-10,12-13H2. The van der Waals surface area contributed by atoms with Crippen LogP contribution in [0.15, 0.2) is 53.1 Å². The molecule has 1 aromatic carbocycles. The average Bonchev–Trinajstić information content (AvgIpc) is 2.92. The first kappa shape index (κ1) is 12.9. The second-order valence-corrected chi connectivity index (χ2v) is 4.15. The van der Waals surface area contributed by atoms with Crippen LogP contribution in [-0.4, -0.2) is 13.2 Å². The smallest absolute Gasteiger partial charge is 0.129 e. The quantitative estimate of drug-likeness (QED) is 0.726. The van der Waals surface area contributed by atoms with Gasteiger partial charge in [0.1, 0.15) is 12.4 Å². The number of ether oxygens (including phenoxy) is 1. The number of benzene rings is 1. The van der Waals surface area contributed by atoms with Crippen molar-refractivity contribution in [1.82, 2.24) is 5.32 Å². The van der Waals surface area contributed by atoms with E-state index in [1.807, 2.05) is 18.2 Å². The van der Waals surface area contributed by atoms with Gasteiger partial charge in [0.05, 0.1) is 6.26 Å². The molecule has 0 bridgehead atoms. The molecule has 0 saturated carbocycles. The predicted molar refractivity (Wildman–Crippen MR) is 71.1 cm³/mol. The van der Waals surface area contributed by atoms with Gasteiger partial charge in [-0.2, -0.15) is 0 Å². The lowest BCUT2D eigenvalue weighted by Crippen LogP contribution is -2.16. The van der Waals surface area contributed by atoms with E-state index in [9.17, 15) is 0 Å². The van der Waals surface area contributed by atoms with Gasteiger partial charge in [-0.3, -0.25) is 0 Å². The van der Waals surface area contributed by atoms with Gasteiger partial charge in [-0.15, -0.1) is 0 Å². The van der Waals surface area contributed by atoms with Crippen molar-refractivity contribution in [2.24, 2.45) is 0 Å². The molecule has 0 aliphatic heterocycles. The Hall–Kier alpha value is -1.58. The second-order valence-electron chi connectivity index (χ2n) is 4.15. The normalized spacial score (nSPS) is 10.7. The molecule has 1 heterocycles. The van der Waals surface area contributed by atoms with Crippen LogP contribution in [0, 0.1) is 0 Å². The molecule has 0 atom stereocenters. The Morgan fingerprint density at radius 3 is 2.72 bits per heavy atom. The number of hydrogen-bond donors (Lipinski definition) is 1. The average molecular weight is 245 g/mol.